The Bertz CT molecular complexity index is 771. The highest BCUT2D eigenvalue weighted by Gasteiger charge is 2.52. The Morgan fingerprint density at radius 3 is 2.13 bits per heavy atom. The number of aryl methyl sites for hydroxylation is 1. The van der Waals surface area contributed by atoms with E-state index in [1.54, 1.807) is 0 Å². The quantitative estimate of drug-likeness (QED) is 0.354. The Morgan fingerprint density at radius 1 is 1.00 bits per heavy atom. The summed E-state index contributed by atoms with van der Waals surface area (Å²) in [6, 6.07) is 6.85. The van der Waals surface area contributed by atoms with E-state index in [1.165, 1.54) is 24.0 Å². The smallest absolute Gasteiger partial charge is 0.460 e. The number of rotatable bonds is 7. The van der Waals surface area contributed by atoms with E-state index in [9.17, 15) is 4.79 Å². The van der Waals surface area contributed by atoms with Crippen LogP contribution in [0.4, 0.5) is 0 Å². The molecule has 0 aromatic heterocycles. The van der Waals surface area contributed by atoms with E-state index in [-0.39, 0.29) is 29.7 Å². The van der Waals surface area contributed by atoms with E-state index in [0.29, 0.717) is 6.42 Å². The first kappa shape index (κ1) is 23.3. The van der Waals surface area contributed by atoms with Crippen LogP contribution in [-0.4, -0.2) is 29.9 Å². The molecule has 0 N–H and O–H groups in total. The molecule has 1 heterocycles. The summed E-state index contributed by atoms with van der Waals surface area (Å²) in [7, 11) is -0.335. The highest BCUT2D eigenvalue weighted by Crippen LogP contribution is 2.47. The lowest BCUT2D eigenvalue weighted by Crippen LogP contribution is -2.41. The lowest BCUT2D eigenvalue weighted by atomic mass is 9.75. The zero-order valence-corrected chi connectivity index (χ0v) is 20.2. The minimum absolute atomic E-state index is 0.111. The molecule has 30 heavy (non-hydrogen) atoms. The molecular weight excluding hydrogens is 375 g/mol. The molecule has 166 valence electrons. The van der Waals surface area contributed by atoms with Crippen LogP contribution in [0, 0.1) is 0 Å². The molecule has 0 bridgehead atoms. The molecule has 0 atom stereocenters. The monoisotopic (exact) mass is 414 g/mol. The van der Waals surface area contributed by atoms with E-state index in [2.05, 4.69) is 52.8 Å². The van der Waals surface area contributed by atoms with E-state index >= 15 is 0 Å². The second-order valence-corrected chi connectivity index (χ2v) is 11.4. The number of carbonyl (C=O) groups is 1. The second-order valence-electron chi connectivity index (χ2n) is 11.4. The maximum Gasteiger partial charge on any atom is 0.494 e. The summed E-state index contributed by atoms with van der Waals surface area (Å²) in [6.45, 7) is 16.4. The van der Waals surface area contributed by atoms with Crippen molar-refractivity contribution in [2.45, 2.75) is 116 Å². The SMILES string of the molecule is CC(C)(C)OC(=O)CCCCc1cc(B2OC(C)(C)C(C)(C)O2)cc(C2(C)CC2)c1. The molecule has 2 aliphatic rings. The van der Waals surface area contributed by atoms with Crippen molar-refractivity contribution >= 4 is 18.6 Å². The average Bonchev–Trinajstić information content (AvgIpc) is 3.30. The Balaban J connectivity index is 1.68. The Hall–Kier alpha value is -1.33. The van der Waals surface area contributed by atoms with Crippen LogP contribution in [0.1, 0.15) is 98.6 Å². The van der Waals surface area contributed by atoms with Gasteiger partial charge in [0.25, 0.3) is 0 Å². The number of esters is 1. The van der Waals surface area contributed by atoms with Gasteiger partial charge in [0, 0.05) is 6.42 Å². The van der Waals surface area contributed by atoms with Gasteiger partial charge in [-0.05, 0) is 103 Å². The summed E-state index contributed by atoms with van der Waals surface area (Å²) >= 11 is 0. The first-order chi connectivity index (χ1) is 13.7. The number of hydrogen-bond donors (Lipinski definition) is 0. The van der Waals surface area contributed by atoms with Gasteiger partial charge in [-0.2, -0.15) is 0 Å². The van der Waals surface area contributed by atoms with Crippen LogP contribution in [0.25, 0.3) is 0 Å². The molecule has 1 saturated heterocycles. The number of hydrogen-bond acceptors (Lipinski definition) is 4. The maximum atomic E-state index is 12.0. The van der Waals surface area contributed by atoms with E-state index in [4.69, 9.17) is 14.0 Å². The fourth-order valence-corrected chi connectivity index (χ4v) is 3.79. The van der Waals surface area contributed by atoms with Gasteiger partial charge in [-0.25, -0.2) is 0 Å². The van der Waals surface area contributed by atoms with Gasteiger partial charge >= 0.3 is 13.1 Å². The molecule has 0 spiro atoms. The third-order valence-electron chi connectivity index (χ3n) is 6.75. The summed E-state index contributed by atoms with van der Waals surface area (Å²) < 4.78 is 18.0. The van der Waals surface area contributed by atoms with Gasteiger partial charge in [-0.1, -0.05) is 25.1 Å². The maximum absolute atomic E-state index is 12.0. The van der Waals surface area contributed by atoms with Crippen molar-refractivity contribution in [3.8, 4) is 0 Å². The van der Waals surface area contributed by atoms with Crippen LogP contribution in [0.3, 0.4) is 0 Å². The molecule has 1 saturated carbocycles. The molecular formula is C25H39BO4. The predicted molar refractivity (Wildman–Crippen MR) is 122 cm³/mol. The van der Waals surface area contributed by atoms with Crippen LogP contribution >= 0.6 is 0 Å². The van der Waals surface area contributed by atoms with Crippen molar-refractivity contribution in [3.05, 3.63) is 29.3 Å². The van der Waals surface area contributed by atoms with Gasteiger partial charge in [0.1, 0.15) is 5.60 Å². The van der Waals surface area contributed by atoms with Crippen molar-refractivity contribution in [2.75, 3.05) is 0 Å². The van der Waals surface area contributed by atoms with E-state index in [1.807, 2.05) is 20.8 Å². The molecule has 0 radical (unpaired) electrons. The Kier molecular flexibility index (Phi) is 6.21. The molecule has 1 aromatic rings. The summed E-state index contributed by atoms with van der Waals surface area (Å²) in [6.07, 6.45) is 5.68. The summed E-state index contributed by atoms with van der Waals surface area (Å²) in [5.41, 5.74) is 2.98. The zero-order chi connectivity index (χ0) is 22.4. The first-order valence-electron chi connectivity index (χ1n) is 11.4. The van der Waals surface area contributed by atoms with Crippen LogP contribution in [0.2, 0.25) is 0 Å². The van der Waals surface area contributed by atoms with Crippen molar-refractivity contribution in [2.24, 2.45) is 0 Å². The zero-order valence-electron chi connectivity index (χ0n) is 20.2. The minimum Gasteiger partial charge on any atom is -0.460 e. The topological polar surface area (TPSA) is 44.8 Å². The van der Waals surface area contributed by atoms with Gasteiger partial charge in [-0.3, -0.25) is 4.79 Å². The van der Waals surface area contributed by atoms with E-state index in [0.717, 1.165) is 24.7 Å². The molecule has 3 rings (SSSR count). The van der Waals surface area contributed by atoms with Crippen molar-refractivity contribution in [1.82, 2.24) is 0 Å². The third kappa shape index (κ3) is 5.47. The van der Waals surface area contributed by atoms with Gasteiger partial charge in [0.2, 0.25) is 0 Å². The van der Waals surface area contributed by atoms with E-state index < -0.39 is 5.60 Å². The average molecular weight is 414 g/mol. The Morgan fingerprint density at radius 2 is 1.60 bits per heavy atom. The second kappa shape index (κ2) is 7.98. The fourth-order valence-electron chi connectivity index (χ4n) is 3.79. The summed E-state index contributed by atoms with van der Waals surface area (Å²) in [4.78, 5) is 12.0. The Labute approximate surface area is 183 Å². The molecule has 1 aromatic carbocycles. The first-order valence-corrected chi connectivity index (χ1v) is 11.4. The third-order valence-corrected chi connectivity index (χ3v) is 6.75. The number of carbonyl (C=O) groups excluding carboxylic acids is 1. The largest absolute Gasteiger partial charge is 0.494 e. The van der Waals surface area contributed by atoms with Crippen molar-refractivity contribution in [1.29, 1.82) is 0 Å². The molecule has 4 nitrogen and oxygen atoms in total. The predicted octanol–water partition coefficient (Wildman–Crippen LogP) is 5.09. The van der Waals surface area contributed by atoms with Crippen LogP contribution in [0.15, 0.2) is 18.2 Å². The highest BCUT2D eigenvalue weighted by atomic mass is 16.7. The van der Waals surface area contributed by atoms with Crippen LogP contribution in [-0.2, 0) is 30.7 Å². The lowest BCUT2D eigenvalue weighted by Gasteiger charge is -2.32. The molecule has 0 amide bonds. The standard InChI is InChI=1S/C25H39BO4/c1-22(2,3)28-21(27)12-10-9-11-18-15-19(25(8)13-14-25)17-20(16-18)26-29-23(4,5)24(6,7)30-26/h15-17H,9-14H2,1-8H3. The van der Waals surface area contributed by atoms with Crippen molar-refractivity contribution < 1.29 is 18.8 Å². The highest BCUT2D eigenvalue weighted by molar-refractivity contribution is 6.62. The van der Waals surface area contributed by atoms with Gasteiger partial charge < -0.3 is 14.0 Å². The molecule has 5 heteroatoms. The summed E-state index contributed by atoms with van der Waals surface area (Å²) in [5.74, 6) is -0.111. The van der Waals surface area contributed by atoms with Gasteiger partial charge in [0.15, 0.2) is 0 Å². The minimum atomic E-state index is -0.414. The number of benzene rings is 1. The lowest BCUT2D eigenvalue weighted by molar-refractivity contribution is -0.154. The van der Waals surface area contributed by atoms with Crippen molar-refractivity contribution in [3.63, 3.8) is 0 Å². The summed E-state index contributed by atoms with van der Waals surface area (Å²) in [5, 5.41) is 0. The normalized spacial score (nSPS) is 21.5. The van der Waals surface area contributed by atoms with Crippen LogP contribution < -0.4 is 5.46 Å². The van der Waals surface area contributed by atoms with Gasteiger partial charge in [-0.15, -0.1) is 0 Å². The molecule has 1 aliphatic carbocycles. The fraction of sp³-hybridized carbons (Fsp3) is 0.720. The molecule has 2 fully saturated rings. The molecule has 0 unspecified atom stereocenters. The van der Waals surface area contributed by atoms with Crippen LogP contribution in [0.5, 0.6) is 0 Å². The number of unbranched alkanes of at least 4 members (excludes halogenated alkanes) is 1. The number of ether oxygens (including phenoxy) is 1. The van der Waals surface area contributed by atoms with Gasteiger partial charge in [0.05, 0.1) is 11.2 Å². The molecule has 1 aliphatic heterocycles.